The molecule has 3 rings (SSSR count). The van der Waals surface area contributed by atoms with Gasteiger partial charge in [-0.3, -0.25) is 0 Å². The first kappa shape index (κ1) is 12.6. The van der Waals surface area contributed by atoms with Crippen LogP contribution in [0.2, 0.25) is 0 Å². The highest BCUT2D eigenvalue weighted by atomic mass is 32.1. The van der Waals surface area contributed by atoms with Crippen LogP contribution in [-0.2, 0) is 11.2 Å². The topological polar surface area (TPSA) is 70.3 Å². The van der Waals surface area contributed by atoms with Gasteiger partial charge in [-0.1, -0.05) is 6.92 Å². The lowest BCUT2D eigenvalue weighted by molar-refractivity contribution is 0.0670. The Kier molecular flexibility index (Phi) is 3.52. The van der Waals surface area contributed by atoms with E-state index in [1.807, 2.05) is 0 Å². The summed E-state index contributed by atoms with van der Waals surface area (Å²) in [6, 6.07) is 2.09. The van der Waals surface area contributed by atoms with Crippen LogP contribution in [0.4, 0.5) is 5.95 Å². The molecule has 102 valence electrons. The second kappa shape index (κ2) is 5.30. The molecule has 0 spiro atoms. The standard InChI is InChI=1S/C13H17N3O2S/c1-2-9-6-10-11(15-13(14)16-12(10)19-9)18-7-8-4-3-5-17-8/h6,8H,2-5,7H2,1H3,(H2,14,15,16). The maximum absolute atomic E-state index is 5.79. The number of ether oxygens (including phenoxy) is 2. The number of aryl methyl sites for hydroxylation is 1. The maximum Gasteiger partial charge on any atom is 0.227 e. The van der Waals surface area contributed by atoms with Crippen molar-refractivity contribution in [3.63, 3.8) is 0 Å². The van der Waals surface area contributed by atoms with Crippen molar-refractivity contribution in [1.82, 2.24) is 9.97 Å². The molecule has 0 bridgehead atoms. The Hall–Kier alpha value is -1.40. The third-order valence-corrected chi connectivity index (χ3v) is 4.38. The monoisotopic (exact) mass is 279 g/mol. The zero-order valence-electron chi connectivity index (χ0n) is 10.9. The molecule has 19 heavy (non-hydrogen) atoms. The summed E-state index contributed by atoms with van der Waals surface area (Å²) in [6.07, 6.45) is 3.31. The van der Waals surface area contributed by atoms with Crippen molar-refractivity contribution in [2.45, 2.75) is 32.3 Å². The Balaban J connectivity index is 1.85. The van der Waals surface area contributed by atoms with E-state index >= 15 is 0 Å². The number of thiophene rings is 1. The van der Waals surface area contributed by atoms with Crippen LogP contribution in [0.1, 0.15) is 24.6 Å². The molecule has 0 aliphatic carbocycles. The Morgan fingerprint density at radius 2 is 2.42 bits per heavy atom. The summed E-state index contributed by atoms with van der Waals surface area (Å²) in [7, 11) is 0. The Morgan fingerprint density at radius 3 is 3.16 bits per heavy atom. The van der Waals surface area contributed by atoms with Crippen molar-refractivity contribution in [3.8, 4) is 5.88 Å². The molecular formula is C13H17N3O2S. The Labute approximate surface area is 115 Å². The molecule has 6 heteroatoms. The van der Waals surface area contributed by atoms with Gasteiger partial charge in [-0.05, 0) is 25.3 Å². The van der Waals surface area contributed by atoms with Gasteiger partial charge in [0.15, 0.2) is 0 Å². The number of fused-ring (bicyclic) bond motifs is 1. The lowest BCUT2D eigenvalue weighted by Crippen LogP contribution is -2.17. The van der Waals surface area contributed by atoms with Gasteiger partial charge in [0, 0.05) is 11.5 Å². The summed E-state index contributed by atoms with van der Waals surface area (Å²) in [5.41, 5.74) is 5.73. The van der Waals surface area contributed by atoms with Gasteiger partial charge in [-0.2, -0.15) is 4.98 Å². The summed E-state index contributed by atoms with van der Waals surface area (Å²) >= 11 is 1.64. The summed E-state index contributed by atoms with van der Waals surface area (Å²) in [4.78, 5) is 10.6. The van der Waals surface area contributed by atoms with Crippen molar-refractivity contribution >= 4 is 27.5 Å². The van der Waals surface area contributed by atoms with Crippen LogP contribution < -0.4 is 10.5 Å². The highest BCUT2D eigenvalue weighted by Crippen LogP contribution is 2.31. The Morgan fingerprint density at radius 1 is 1.53 bits per heavy atom. The number of nitrogens with zero attached hydrogens (tertiary/aromatic N) is 2. The quantitative estimate of drug-likeness (QED) is 0.930. The molecule has 5 nitrogen and oxygen atoms in total. The third-order valence-electron chi connectivity index (χ3n) is 3.20. The fourth-order valence-electron chi connectivity index (χ4n) is 2.19. The van der Waals surface area contributed by atoms with E-state index in [0.717, 1.165) is 36.1 Å². The molecule has 1 unspecified atom stereocenters. The minimum absolute atomic E-state index is 0.176. The lowest BCUT2D eigenvalue weighted by atomic mass is 10.2. The van der Waals surface area contributed by atoms with Gasteiger partial charge in [-0.15, -0.1) is 11.3 Å². The van der Waals surface area contributed by atoms with E-state index in [0.29, 0.717) is 12.5 Å². The first-order valence-electron chi connectivity index (χ1n) is 6.56. The van der Waals surface area contributed by atoms with E-state index in [2.05, 4.69) is 23.0 Å². The van der Waals surface area contributed by atoms with Crippen LogP contribution in [-0.4, -0.2) is 29.3 Å². The van der Waals surface area contributed by atoms with Crippen molar-refractivity contribution in [2.75, 3.05) is 18.9 Å². The molecule has 1 fully saturated rings. The van der Waals surface area contributed by atoms with E-state index < -0.39 is 0 Å². The third kappa shape index (κ3) is 2.64. The van der Waals surface area contributed by atoms with Gasteiger partial charge < -0.3 is 15.2 Å². The normalized spacial score (nSPS) is 19.1. The van der Waals surface area contributed by atoms with Crippen LogP contribution in [0.25, 0.3) is 10.2 Å². The molecule has 2 aromatic rings. The molecular weight excluding hydrogens is 262 g/mol. The van der Waals surface area contributed by atoms with Crippen molar-refractivity contribution in [3.05, 3.63) is 10.9 Å². The van der Waals surface area contributed by atoms with Crippen LogP contribution >= 0.6 is 11.3 Å². The van der Waals surface area contributed by atoms with Gasteiger partial charge in [-0.25, -0.2) is 4.98 Å². The first-order chi connectivity index (χ1) is 9.26. The molecule has 0 amide bonds. The molecule has 0 radical (unpaired) electrons. The van der Waals surface area contributed by atoms with Gasteiger partial charge in [0.05, 0.1) is 11.5 Å². The maximum atomic E-state index is 5.79. The average molecular weight is 279 g/mol. The van der Waals surface area contributed by atoms with E-state index in [1.165, 1.54) is 4.88 Å². The fourth-order valence-corrected chi connectivity index (χ4v) is 3.16. The van der Waals surface area contributed by atoms with Gasteiger partial charge >= 0.3 is 0 Å². The molecule has 2 N–H and O–H groups in total. The van der Waals surface area contributed by atoms with Crippen molar-refractivity contribution in [1.29, 1.82) is 0 Å². The smallest absolute Gasteiger partial charge is 0.227 e. The number of nitrogen functional groups attached to an aromatic ring is 1. The largest absolute Gasteiger partial charge is 0.474 e. The number of hydrogen-bond donors (Lipinski definition) is 1. The van der Waals surface area contributed by atoms with Crippen molar-refractivity contribution < 1.29 is 9.47 Å². The van der Waals surface area contributed by atoms with Gasteiger partial charge in [0.1, 0.15) is 11.4 Å². The van der Waals surface area contributed by atoms with Gasteiger partial charge in [0.2, 0.25) is 11.8 Å². The highest BCUT2D eigenvalue weighted by Gasteiger charge is 2.18. The predicted octanol–water partition coefficient (Wildman–Crippen LogP) is 2.39. The number of hydrogen-bond acceptors (Lipinski definition) is 6. The summed E-state index contributed by atoms with van der Waals surface area (Å²) < 4.78 is 11.3. The van der Waals surface area contributed by atoms with Crippen LogP contribution in [0, 0.1) is 0 Å². The SMILES string of the molecule is CCc1cc2c(OCC3CCCO3)nc(N)nc2s1. The molecule has 1 atom stereocenters. The Bertz CT molecular complexity index is 579. The lowest BCUT2D eigenvalue weighted by Gasteiger charge is -2.11. The average Bonchev–Trinajstić information content (AvgIpc) is 3.04. The minimum atomic E-state index is 0.176. The molecule has 0 saturated carbocycles. The summed E-state index contributed by atoms with van der Waals surface area (Å²) in [6.45, 7) is 3.48. The van der Waals surface area contributed by atoms with E-state index in [-0.39, 0.29) is 12.1 Å². The fraction of sp³-hybridized carbons (Fsp3) is 0.538. The number of rotatable bonds is 4. The van der Waals surface area contributed by atoms with Crippen LogP contribution in [0.5, 0.6) is 5.88 Å². The molecule has 2 aromatic heterocycles. The summed E-state index contributed by atoms with van der Waals surface area (Å²) in [5, 5.41) is 0.953. The molecule has 0 aromatic carbocycles. The van der Waals surface area contributed by atoms with E-state index in [1.54, 1.807) is 11.3 Å². The molecule has 1 saturated heterocycles. The zero-order valence-corrected chi connectivity index (χ0v) is 11.7. The second-order valence-electron chi connectivity index (χ2n) is 4.62. The van der Waals surface area contributed by atoms with E-state index in [4.69, 9.17) is 15.2 Å². The summed E-state index contributed by atoms with van der Waals surface area (Å²) in [5.74, 6) is 0.841. The minimum Gasteiger partial charge on any atom is -0.474 e. The van der Waals surface area contributed by atoms with Crippen LogP contribution in [0.3, 0.4) is 0 Å². The predicted molar refractivity (Wildman–Crippen MR) is 75.7 cm³/mol. The zero-order chi connectivity index (χ0) is 13.2. The number of aromatic nitrogens is 2. The number of anilines is 1. The number of nitrogens with two attached hydrogens (primary N) is 1. The van der Waals surface area contributed by atoms with E-state index in [9.17, 15) is 0 Å². The highest BCUT2D eigenvalue weighted by molar-refractivity contribution is 7.18. The second-order valence-corrected chi connectivity index (χ2v) is 5.73. The molecule has 3 heterocycles. The van der Waals surface area contributed by atoms with Crippen molar-refractivity contribution in [2.24, 2.45) is 0 Å². The van der Waals surface area contributed by atoms with Gasteiger partial charge in [0.25, 0.3) is 0 Å². The molecule has 1 aliphatic heterocycles. The first-order valence-corrected chi connectivity index (χ1v) is 7.38. The van der Waals surface area contributed by atoms with Crippen LogP contribution in [0.15, 0.2) is 6.07 Å². The molecule has 1 aliphatic rings.